The van der Waals surface area contributed by atoms with E-state index in [2.05, 4.69) is 88.7 Å². The molecule has 0 atom stereocenters. The molecule has 5 heteroatoms. The van der Waals surface area contributed by atoms with Crippen LogP contribution < -0.4 is 10.7 Å². The van der Waals surface area contributed by atoms with Crippen LogP contribution >= 0.6 is 12.2 Å². The zero-order chi connectivity index (χ0) is 25.4. The van der Waals surface area contributed by atoms with Gasteiger partial charge in [0.2, 0.25) is 0 Å². The minimum absolute atomic E-state index is 0.143. The summed E-state index contributed by atoms with van der Waals surface area (Å²) in [5.41, 5.74) is 7.50. The first-order valence-corrected chi connectivity index (χ1v) is 12.1. The molecule has 4 nitrogen and oxygen atoms in total. The van der Waals surface area contributed by atoms with Crippen LogP contribution in [0.3, 0.4) is 0 Å². The smallest absolute Gasteiger partial charge is 0.158 e. The Morgan fingerprint density at radius 1 is 0.941 bits per heavy atom. The zero-order valence-electron chi connectivity index (χ0n) is 21.1. The number of fused-ring (bicyclic) bond motifs is 1. The van der Waals surface area contributed by atoms with Gasteiger partial charge in [-0.25, -0.2) is 0 Å². The van der Waals surface area contributed by atoms with Crippen LogP contribution in [-0.2, 0) is 19.7 Å². The molecule has 0 aromatic heterocycles. The molecule has 0 fully saturated rings. The molecule has 0 amide bonds. The largest absolute Gasteiger partial charge is 0.497 e. The highest BCUT2D eigenvalue weighted by molar-refractivity contribution is 7.92. The van der Waals surface area contributed by atoms with E-state index < -0.39 is 0 Å². The number of hydrogen-bond acceptors (Lipinski definition) is 5. The maximum absolute atomic E-state index is 5.34. The fraction of sp³-hybridized carbons (Fsp3) is 0.310. The molecule has 0 aliphatic heterocycles. The summed E-state index contributed by atoms with van der Waals surface area (Å²) in [6.45, 7) is 19.3. The molecule has 2 aromatic carbocycles. The molecule has 0 spiro atoms. The highest BCUT2D eigenvalue weighted by Crippen LogP contribution is 2.47. The lowest BCUT2D eigenvalue weighted by Gasteiger charge is -2.42. The molecule has 0 bridgehead atoms. The topological polar surface area (TPSA) is 56.5 Å². The molecule has 3 rings (SSSR count). The summed E-state index contributed by atoms with van der Waals surface area (Å²) in [6.07, 6.45) is 10.3. The van der Waals surface area contributed by atoms with Crippen LogP contribution in [0.15, 0.2) is 62.4 Å². The van der Waals surface area contributed by atoms with Gasteiger partial charge in [0, 0.05) is 5.56 Å². The molecule has 2 aromatic rings. The van der Waals surface area contributed by atoms with E-state index in [1.807, 2.05) is 18.2 Å². The normalized spacial score (nSPS) is 15.9. The maximum Gasteiger partial charge on any atom is 0.158 e. The van der Waals surface area contributed by atoms with Crippen molar-refractivity contribution in [1.29, 1.82) is 0 Å². The van der Waals surface area contributed by atoms with Crippen molar-refractivity contribution in [3.05, 3.63) is 95.8 Å². The molecule has 0 heterocycles. The third kappa shape index (κ3) is 6.66. The van der Waals surface area contributed by atoms with Gasteiger partial charge in [0.05, 0.1) is 7.11 Å². The quantitative estimate of drug-likeness (QED) is 0.0597. The third-order valence-electron chi connectivity index (χ3n) is 6.39. The number of nitrogens with one attached hydrogen (secondary N) is 1. The first-order valence-electron chi connectivity index (χ1n) is 11.3. The van der Waals surface area contributed by atoms with Crippen LogP contribution in [0, 0.1) is 0 Å². The number of nitrogens with two attached hydrogens (primary N) is 1. The first-order chi connectivity index (χ1) is 16.2. The summed E-state index contributed by atoms with van der Waals surface area (Å²) in [4.78, 5) is 2.42. The molecular weight excluding hydrogens is 440 g/mol. The number of rotatable bonds is 8. The van der Waals surface area contributed by atoms with Gasteiger partial charge in [0.15, 0.2) is 12.2 Å². The van der Waals surface area contributed by atoms with Crippen molar-refractivity contribution < 1.29 is 8.92 Å². The van der Waals surface area contributed by atoms with E-state index in [9.17, 15) is 0 Å². The Labute approximate surface area is 209 Å². The highest BCUT2D eigenvalue weighted by atomic mass is 32.2. The van der Waals surface area contributed by atoms with Crippen LogP contribution in [0.25, 0.3) is 24.0 Å². The molecular formula is C29H38N2O2S. The van der Waals surface area contributed by atoms with E-state index in [1.54, 1.807) is 13.4 Å². The predicted octanol–water partition coefficient (Wildman–Crippen LogP) is 7.64. The summed E-state index contributed by atoms with van der Waals surface area (Å²) in [5, 5.41) is 0. The van der Waals surface area contributed by atoms with E-state index in [-0.39, 0.29) is 10.8 Å². The van der Waals surface area contributed by atoms with Gasteiger partial charge < -0.3 is 8.92 Å². The fourth-order valence-electron chi connectivity index (χ4n) is 4.18. The standard InChI is InChI=1S/C27H34N2O2S.C2H4/c1-19(30-6)21-10-7-20(8-11-21)9-12-22-17-24-25(18-23(22)13-16-31-32-29-28)27(4,5)15-14-26(24,2)3;1-2/h7-13,16-18,29H,1,14-15,28H2,2-6H3;1-2H2/b12-9+,16-13-;. The lowest BCUT2D eigenvalue weighted by molar-refractivity contribution is 0.332. The Balaban J connectivity index is 0.00000199. The van der Waals surface area contributed by atoms with Gasteiger partial charge in [-0.1, -0.05) is 82.8 Å². The lowest BCUT2D eigenvalue weighted by atomic mass is 9.62. The Morgan fingerprint density at radius 2 is 1.47 bits per heavy atom. The average Bonchev–Trinajstić information content (AvgIpc) is 2.84. The first kappa shape index (κ1) is 27.5. The average molecular weight is 479 g/mol. The van der Waals surface area contributed by atoms with E-state index in [4.69, 9.17) is 14.8 Å². The number of ether oxygens (including phenoxy) is 1. The van der Waals surface area contributed by atoms with Gasteiger partial charge in [-0.15, -0.1) is 13.2 Å². The van der Waals surface area contributed by atoms with Crippen LogP contribution in [0.2, 0.25) is 0 Å². The highest BCUT2D eigenvalue weighted by Gasteiger charge is 2.37. The number of benzene rings is 2. The molecule has 0 unspecified atom stereocenters. The molecule has 3 N–H and O–H groups in total. The van der Waals surface area contributed by atoms with Gasteiger partial charge >= 0.3 is 0 Å². The van der Waals surface area contributed by atoms with Crippen molar-refractivity contribution in [2.75, 3.05) is 7.11 Å². The lowest BCUT2D eigenvalue weighted by Crippen LogP contribution is -2.34. The molecule has 1 aliphatic carbocycles. The Hall–Kier alpha value is -2.73. The Bertz CT molecular complexity index is 1040. The third-order valence-corrected chi connectivity index (χ3v) is 6.69. The van der Waals surface area contributed by atoms with Crippen LogP contribution in [0.5, 0.6) is 0 Å². The summed E-state index contributed by atoms with van der Waals surface area (Å²) in [6, 6.07) is 12.9. The molecule has 0 saturated heterocycles. The minimum Gasteiger partial charge on any atom is -0.497 e. The van der Waals surface area contributed by atoms with E-state index >= 15 is 0 Å². The fourth-order valence-corrected chi connectivity index (χ4v) is 4.34. The van der Waals surface area contributed by atoms with Crippen molar-refractivity contribution in [1.82, 2.24) is 4.83 Å². The van der Waals surface area contributed by atoms with Crippen molar-refractivity contribution in [2.45, 2.75) is 51.4 Å². The second-order valence-electron chi connectivity index (χ2n) is 9.48. The van der Waals surface area contributed by atoms with E-state index in [0.29, 0.717) is 5.76 Å². The van der Waals surface area contributed by atoms with Gasteiger partial charge in [-0.3, -0.25) is 5.84 Å². The van der Waals surface area contributed by atoms with Crippen LogP contribution in [0.1, 0.15) is 73.9 Å². The molecule has 34 heavy (non-hydrogen) atoms. The summed E-state index contributed by atoms with van der Waals surface area (Å²) in [5.74, 6) is 5.94. The number of methoxy groups -OCH3 is 1. The SMILES string of the molecule is C=C.C=C(OC)c1ccc(/C=C/c2cc3c(cc2/C=C\OSNN)C(C)(C)CCC3(C)C)cc1. The molecule has 0 radical (unpaired) electrons. The van der Waals surface area contributed by atoms with Crippen molar-refractivity contribution in [2.24, 2.45) is 5.84 Å². The second kappa shape index (κ2) is 12.1. The van der Waals surface area contributed by atoms with Crippen molar-refractivity contribution in [3.8, 4) is 0 Å². The van der Waals surface area contributed by atoms with Crippen LogP contribution in [0.4, 0.5) is 0 Å². The Morgan fingerprint density at radius 3 is 1.97 bits per heavy atom. The predicted molar refractivity (Wildman–Crippen MR) is 149 cm³/mol. The summed E-state index contributed by atoms with van der Waals surface area (Å²) >= 11 is 0.983. The molecule has 0 saturated carbocycles. The van der Waals surface area contributed by atoms with Gasteiger partial charge in [0.1, 0.15) is 12.0 Å². The number of hydrogen-bond donors (Lipinski definition) is 2. The summed E-state index contributed by atoms with van der Waals surface area (Å²) < 4.78 is 10.6. The maximum atomic E-state index is 5.34. The van der Waals surface area contributed by atoms with Gasteiger partial charge in [0.25, 0.3) is 0 Å². The summed E-state index contributed by atoms with van der Waals surface area (Å²) in [7, 11) is 1.63. The second-order valence-corrected chi connectivity index (χ2v) is 10.1. The van der Waals surface area contributed by atoms with E-state index in [1.165, 1.54) is 24.0 Å². The van der Waals surface area contributed by atoms with Crippen molar-refractivity contribution >= 4 is 36.2 Å². The Kier molecular flexibility index (Phi) is 9.80. The monoisotopic (exact) mass is 478 g/mol. The van der Waals surface area contributed by atoms with Gasteiger partial charge in [-0.2, -0.15) is 4.83 Å². The number of hydrazine groups is 1. The van der Waals surface area contributed by atoms with Crippen LogP contribution in [-0.4, -0.2) is 7.11 Å². The van der Waals surface area contributed by atoms with Crippen molar-refractivity contribution in [3.63, 3.8) is 0 Å². The zero-order valence-corrected chi connectivity index (χ0v) is 21.9. The van der Waals surface area contributed by atoms with E-state index in [0.717, 1.165) is 34.5 Å². The van der Waals surface area contributed by atoms with Gasteiger partial charge in [-0.05, 0) is 57.6 Å². The molecule has 182 valence electrons. The minimum atomic E-state index is 0.143. The molecule has 1 aliphatic rings.